The monoisotopic (exact) mass is 532 g/mol. The number of hydrogen-bond acceptors (Lipinski definition) is 5. The summed E-state index contributed by atoms with van der Waals surface area (Å²) in [5.41, 5.74) is 2.54. The summed E-state index contributed by atoms with van der Waals surface area (Å²) in [5, 5.41) is 3.45. The Labute approximate surface area is 195 Å². The molecular weight excluding hydrogens is 499 g/mol. The fourth-order valence-corrected chi connectivity index (χ4v) is 4.68. The highest BCUT2D eigenvalue weighted by Gasteiger charge is 2.28. The predicted octanol–water partition coefficient (Wildman–Crippen LogP) is 3.21. The van der Waals surface area contributed by atoms with Crippen molar-refractivity contribution in [3.8, 4) is 0 Å². The minimum absolute atomic E-state index is 0. The number of nitrogens with one attached hydrogen (secondary N) is 1. The van der Waals surface area contributed by atoms with Gasteiger partial charge >= 0.3 is 5.97 Å². The van der Waals surface area contributed by atoms with Gasteiger partial charge in [0.15, 0.2) is 5.96 Å². The molecule has 2 aliphatic heterocycles. The highest BCUT2D eigenvalue weighted by atomic mass is 127. The third kappa shape index (κ3) is 6.94. The Morgan fingerprint density at radius 3 is 2.62 bits per heavy atom. The van der Waals surface area contributed by atoms with Gasteiger partial charge in [-0.05, 0) is 37.5 Å². The van der Waals surface area contributed by atoms with E-state index >= 15 is 0 Å². The topological polar surface area (TPSA) is 57.2 Å². The van der Waals surface area contributed by atoms with E-state index < -0.39 is 0 Å². The average molecular weight is 532 g/mol. The van der Waals surface area contributed by atoms with Crippen LogP contribution >= 0.6 is 35.7 Å². The normalized spacial score (nSPS) is 20.1. The maximum absolute atomic E-state index is 12.1. The maximum atomic E-state index is 12.1. The fourth-order valence-electron chi connectivity index (χ4n) is 3.78. The molecule has 0 aromatic heterocycles. The largest absolute Gasteiger partial charge is 0.466 e. The van der Waals surface area contributed by atoms with Gasteiger partial charge in [0.2, 0.25) is 0 Å². The van der Waals surface area contributed by atoms with Crippen molar-refractivity contribution in [2.75, 3.05) is 56.2 Å². The Balaban J connectivity index is 0.00000300. The van der Waals surface area contributed by atoms with Crippen molar-refractivity contribution in [2.45, 2.75) is 26.3 Å². The Bertz CT molecular complexity index is 665. The van der Waals surface area contributed by atoms with Gasteiger partial charge in [-0.15, -0.1) is 24.0 Å². The van der Waals surface area contributed by atoms with E-state index in [4.69, 9.17) is 4.74 Å². The molecule has 0 aliphatic carbocycles. The number of rotatable bonds is 5. The number of guanidine groups is 1. The van der Waals surface area contributed by atoms with Gasteiger partial charge in [-0.3, -0.25) is 9.79 Å². The summed E-state index contributed by atoms with van der Waals surface area (Å²) in [6, 6.07) is 8.81. The number of carbonyl (C=O) groups excluding carboxylic acids is 1. The number of anilines is 1. The molecule has 0 saturated carbocycles. The van der Waals surface area contributed by atoms with E-state index in [0.717, 1.165) is 45.0 Å². The lowest BCUT2D eigenvalue weighted by Gasteiger charge is -2.34. The van der Waals surface area contributed by atoms with Crippen LogP contribution < -0.4 is 10.2 Å². The third-order valence-corrected chi connectivity index (χ3v) is 6.26. The van der Waals surface area contributed by atoms with Gasteiger partial charge in [0.05, 0.1) is 12.5 Å². The quantitative estimate of drug-likeness (QED) is 0.272. The number of piperidine rings is 1. The molecule has 0 radical (unpaired) electrons. The molecular formula is C21H33IN4O2S. The van der Waals surface area contributed by atoms with E-state index in [1.807, 2.05) is 18.7 Å². The second-order valence-electron chi connectivity index (χ2n) is 7.20. The molecule has 0 amide bonds. The Kier molecular flexibility index (Phi) is 10.4. The molecule has 2 fully saturated rings. The number of halogens is 1. The number of carbonyl (C=O) groups is 1. The Morgan fingerprint density at radius 1 is 1.24 bits per heavy atom. The molecule has 29 heavy (non-hydrogen) atoms. The molecule has 8 heteroatoms. The van der Waals surface area contributed by atoms with Crippen LogP contribution in [-0.2, 0) is 16.1 Å². The zero-order chi connectivity index (χ0) is 19.8. The Hall–Kier alpha value is -1.16. The molecule has 1 aromatic carbocycles. The number of likely N-dealkylation sites (tertiary alicyclic amines) is 1. The minimum atomic E-state index is -0.0886. The fraction of sp³-hybridized carbons (Fsp3) is 0.619. The summed E-state index contributed by atoms with van der Waals surface area (Å²) >= 11 is 2.03. The zero-order valence-electron chi connectivity index (χ0n) is 17.4. The van der Waals surface area contributed by atoms with Crippen molar-refractivity contribution in [3.63, 3.8) is 0 Å². The van der Waals surface area contributed by atoms with Gasteiger partial charge in [0.25, 0.3) is 0 Å². The zero-order valence-corrected chi connectivity index (χ0v) is 20.6. The van der Waals surface area contributed by atoms with Crippen LogP contribution in [-0.4, -0.2) is 68.2 Å². The van der Waals surface area contributed by atoms with E-state index in [1.54, 1.807) is 7.05 Å². The third-order valence-electron chi connectivity index (χ3n) is 5.32. The first-order valence-corrected chi connectivity index (χ1v) is 11.4. The number of benzene rings is 1. The van der Waals surface area contributed by atoms with Crippen molar-refractivity contribution in [2.24, 2.45) is 10.9 Å². The van der Waals surface area contributed by atoms with Crippen molar-refractivity contribution < 1.29 is 9.53 Å². The smallest absolute Gasteiger partial charge is 0.310 e. The summed E-state index contributed by atoms with van der Waals surface area (Å²) in [6.07, 6.45) is 1.87. The van der Waals surface area contributed by atoms with Crippen LogP contribution in [0.3, 0.4) is 0 Å². The van der Waals surface area contributed by atoms with Gasteiger partial charge in [0.1, 0.15) is 0 Å². The van der Waals surface area contributed by atoms with Crippen LogP contribution in [0.5, 0.6) is 0 Å². The van der Waals surface area contributed by atoms with Gasteiger partial charge < -0.3 is 19.9 Å². The molecule has 1 unspecified atom stereocenters. The van der Waals surface area contributed by atoms with Crippen LogP contribution in [0.1, 0.15) is 25.3 Å². The first-order valence-electron chi connectivity index (χ1n) is 10.2. The first kappa shape index (κ1) is 24.1. The highest BCUT2D eigenvalue weighted by Crippen LogP contribution is 2.20. The second-order valence-corrected chi connectivity index (χ2v) is 8.43. The number of ether oxygens (including phenoxy) is 1. The molecule has 1 atom stereocenters. The summed E-state index contributed by atoms with van der Waals surface area (Å²) < 4.78 is 5.20. The summed E-state index contributed by atoms with van der Waals surface area (Å²) in [6.45, 7) is 6.87. The van der Waals surface area contributed by atoms with Crippen molar-refractivity contribution in [1.82, 2.24) is 10.2 Å². The van der Waals surface area contributed by atoms with Gasteiger partial charge in [-0.1, -0.05) is 12.1 Å². The molecule has 2 heterocycles. The molecule has 0 spiro atoms. The summed E-state index contributed by atoms with van der Waals surface area (Å²) in [5.74, 6) is 3.12. The second kappa shape index (κ2) is 12.5. The predicted molar refractivity (Wildman–Crippen MR) is 133 cm³/mol. The van der Waals surface area contributed by atoms with E-state index in [9.17, 15) is 4.79 Å². The molecule has 2 saturated heterocycles. The molecule has 2 aliphatic rings. The summed E-state index contributed by atoms with van der Waals surface area (Å²) in [7, 11) is 1.80. The molecule has 0 bridgehead atoms. The minimum Gasteiger partial charge on any atom is -0.466 e. The standard InChI is InChI=1S/C21H32N4O2S.HI/c1-3-27-20(26)18-5-4-10-25(16-18)21(22-2)23-15-17-6-8-19(9-7-17)24-11-13-28-14-12-24;/h6-9,18H,3-5,10-16H2,1-2H3,(H,22,23);1H. The van der Waals surface area contributed by atoms with E-state index in [1.165, 1.54) is 22.8 Å². The lowest BCUT2D eigenvalue weighted by Crippen LogP contribution is -2.48. The number of esters is 1. The van der Waals surface area contributed by atoms with E-state index in [0.29, 0.717) is 13.2 Å². The van der Waals surface area contributed by atoms with Gasteiger partial charge in [0, 0.05) is 57.0 Å². The van der Waals surface area contributed by atoms with Crippen LogP contribution in [0.15, 0.2) is 29.3 Å². The number of nitrogens with zero attached hydrogens (tertiary/aromatic N) is 3. The SMILES string of the molecule is CCOC(=O)C1CCCN(C(=NC)NCc2ccc(N3CCSCC3)cc2)C1.I. The van der Waals surface area contributed by atoms with Gasteiger partial charge in [-0.25, -0.2) is 0 Å². The van der Waals surface area contributed by atoms with Crippen molar-refractivity contribution in [3.05, 3.63) is 29.8 Å². The van der Waals surface area contributed by atoms with Crippen LogP contribution in [0.25, 0.3) is 0 Å². The number of thioether (sulfide) groups is 1. The lowest BCUT2D eigenvalue weighted by molar-refractivity contribution is -0.149. The molecule has 162 valence electrons. The van der Waals surface area contributed by atoms with Crippen LogP contribution in [0.2, 0.25) is 0 Å². The van der Waals surface area contributed by atoms with E-state index in [2.05, 4.69) is 44.4 Å². The summed E-state index contributed by atoms with van der Waals surface area (Å²) in [4.78, 5) is 21.1. The molecule has 3 rings (SSSR count). The number of hydrogen-bond donors (Lipinski definition) is 1. The molecule has 1 N–H and O–H groups in total. The molecule has 1 aromatic rings. The lowest BCUT2D eigenvalue weighted by atomic mass is 9.98. The van der Waals surface area contributed by atoms with Crippen LogP contribution in [0, 0.1) is 5.92 Å². The van der Waals surface area contributed by atoms with Crippen LogP contribution in [0.4, 0.5) is 5.69 Å². The van der Waals surface area contributed by atoms with Gasteiger partial charge in [-0.2, -0.15) is 11.8 Å². The van der Waals surface area contributed by atoms with Crippen molar-refractivity contribution >= 4 is 53.4 Å². The first-order chi connectivity index (χ1) is 13.7. The van der Waals surface area contributed by atoms with Crippen molar-refractivity contribution in [1.29, 1.82) is 0 Å². The highest BCUT2D eigenvalue weighted by molar-refractivity contribution is 14.0. The average Bonchev–Trinajstić information content (AvgIpc) is 2.76. The maximum Gasteiger partial charge on any atom is 0.310 e. The Morgan fingerprint density at radius 2 is 1.97 bits per heavy atom. The van der Waals surface area contributed by atoms with E-state index in [-0.39, 0.29) is 35.9 Å². The number of aliphatic imine (C=N–C) groups is 1. The molecule has 6 nitrogen and oxygen atoms in total.